The van der Waals surface area contributed by atoms with Crippen LogP contribution >= 0.6 is 23.2 Å². The standard InChI is InChI=1S/C25H21Cl2N5O.C2HF3O2/c26-17-10-11-20(27)19(16-17)25(33)32-14-12-31(13-15-32)24-23(28-18-6-2-1-3-7-18)29-21-8-4-5-9-22(21)30-24;3-2(4,5)1(6)7/h1-11,16H,12-15H2,(H,28,29);(H,6,7). The molecule has 0 bridgehead atoms. The molecular weight excluding hydrogens is 570 g/mol. The van der Waals surface area contributed by atoms with E-state index in [1.165, 1.54) is 0 Å². The SMILES string of the molecule is O=C(O)C(F)(F)F.O=C(c1cc(Cl)ccc1Cl)N1CCN(c2nc3ccccc3nc2Nc2ccccc2)CC1. The molecule has 0 aliphatic carbocycles. The predicted molar refractivity (Wildman–Crippen MR) is 148 cm³/mol. The van der Waals surface area contributed by atoms with Gasteiger partial charge in [0, 0.05) is 36.9 Å². The van der Waals surface area contributed by atoms with Crippen molar-refractivity contribution in [3.63, 3.8) is 0 Å². The first-order chi connectivity index (χ1) is 19.0. The third-order valence-corrected chi connectivity index (χ3v) is 6.42. The lowest BCUT2D eigenvalue weighted by Gasteiger charge is -2.36. The number of piperazine rings is 1. The van der Waals surface area contributed by atoms with Crippen LogP contribution in [0.4, 0.5) is 30.5 Å². The van der Waals surface area contributed by atoms with Crippen LogP contribution in [0.5, 0.6) is 0 Å². The summed E-state index contributed by atoms with van der Waals surface area (Å²) >= 11 is 12.3. The van der Waals surface area contributed by atoms with E-state index in [2.05, 4.69) is 10.2 Å². The van der Waals surface area contributed by atoms with Crippen LogP contribution in [-0.2, 0) is 4.79 Å². The van der Waals surface area contributed by atoms with Gasteiger partial charge in [0.1, 0.15) is 0 Å². The Morgan fingerprint density at radius 2 is 1.43 bits per heavy atom. The molecule has 2 N–H and O–H groups in total. The Balaban J connectivity index is 0.000000470. The number of para-hydroxylation sites is 3. The number of alkyl halides is 3. The molecule has 8 nitrogen and oxygen atoms in total. The average Bonchev–Trinajstić information content (AvgIpc) is 2.94. The molecule has 1 aromatic heterocycles. The van der Waals surface area contributed by atoms with Crippen LogP contribution in [-0.4, -0.2) is 64.2 Å². The van der Waals surface area contributed by atoms with Gasteiger partial charge in [-0.3, -0.25) is 4.79 Å². The van der Waals surface area contributed by atoms with Crippen LogP contribution in [0, 0.1) is 0 Å². The number of aliphatic carboxylic acids is 1. The van der Waals surface area contributed by atoms with Crippen molar-refractivity contribution >= 4 is 63.4 Å². The number of carbonyl (C=O) groups is 2. The second-order valence-electron chi connectivity index (χ2n) is 8.58. The number of anilines is 3. The first-order valence-electron chi connectivity index (χ1n) is 11.9. The zero-order valence-electron chi connectivity index (χ0n) is 20.7. The first kappa shape index (κ1) is 28.9. The molecule has 3 aromatic carbocycles. The van der Waals surface area contributed by atoms with Crippen molar-refractivity contribution in [2.24, 2.45) is 0 Å². The summed E-state index contributed by atoms with van der Waals surface area (Å²) in [6.45, 7) is 2.34. The summed E-state index contributed by atoms with van der Waals surface area (Å²) in [5.41, 5.74) is 3.02. The number of hydrogen-bond acceptors (Lipinski definition) is 6. The molecule has 1 aliphatic heterocycles. The van der Waals surface area contributed by atoms with Gasteiger partial charge in [-0.05, 0) is 42.5 Å². The van der Waals surface area contributed by atoms with Gasteiger partial charge in [-0.1, -0.05) is 53.5 Å². The van der Waals surface area contributed by atoms with Crippen molar-refractivity contribution < 1.29 is 27.9 Å². The molecule has 0 unspecified atom stereocenters. The van der Waals surface area contributed by atoms with E-state index in [0.717, 1.165) is 22.5 Å². The van der Waals surface area contributed by atoms with Crippen LogP contribution in [0.25, 0.3) is 11.0 Å². The maximum atomic E-state index is 13.0. The van der Waals surface area contributed by atoms with Crippen LogP contribution < -0.4 is 10.2 Å². The summed E-state index contributed by atoms with van der Waals surface area (Å²) in [5, 5.41) is 11.4. The number of aromatic nitrogens is 2. The highest BCUT2D eigenvalue weighted by atomic mass is 35.5. The molecule has 4 aromatic rings. The van der Waals surface area contributed by atoms with Gasteiger partial charge in [-0.2, -0.15) is 13.2 Å². The number of fused-ring (bicyclic) bond motifs is 1. The minimum absolute atomic E-state index is 0.116. The van der Waals surface area contributed by atoms with Gasteiger partial charge in [0.25, 0.3) is 5.91 Å². The van der Waals surface area contributed by atoms with E-state index in [9.17, 15) is 18.0 Å². The highest BCUT2D eigenvalue weighted by Crippen LogP contribution is 2.29. The number of nitrogens with zero attached hydrogens (tertiary/aromatic N) is 4. The number of rotatable bonds is 4. The van der Waals surface area contributed by atoms with E-state index in [-0.39, 0.29) is 5.91 Å². The van der Waals surface area contributed by atoms with Crippen LogP contribution in [0.1, 0.15) is 10.4 Å². The maximum absolute atomic E-state index is 13.0. The molecule has 0 saturated carbocycles. The van der Waals surface area contributed by atoms with Gasteiger partial charge < -0.3 is 20.2 Å². The molecular formula is C27H22Cl2F3N5O3. The summed E-state index contributed by atoms with van der Waals surface area (Å²) in [4.78, 5) is 35.6. The summed E-state index contributed by atoms with van der Waals surface area (Å²) in [5.74, 6) is -1.41. The van der Waals surface area contributed by atoms with E-state index in [1.54, 1.807) is 23.1 Å². The number of benzene rings is 3. The quantitative estimate of drug-likeness (QED) is 0.288. The molecule has 5 rings (SSSR count). The Kier molecular flexibility index (Phi) is 8.96. The largest absolute Gasteiger partial charge is 0.490 e. The van der Waals surface area contributed by atoms with Crippen molar-refractivity contribution in [2.75, 3.05) is 36.4 Å². The van der Waals surface area contributed by atoms with Crippen molar-refractivity contribution in [3.05, 3.63) is 88.4 Å². The summed E-state index contributed by atoms with van der Waals surface area (Å²) in [6, 6.07) is 22.7. The zero-order valence-corrected chi connectivity index (χ0v) is 22.2. The fraction of sp³-hybridized carbons (Fsp3) is 0.185. The van der Waals surface area contributed by atoms with Crippen molar-refractivity contribution in [1.82, 2.24) is 14.9 Å². The molecule has 1 amide bonds. The second-order valence-corrected chi connectivity index (χ2v) is 9.43. The monoisotopic (exact) mass is 591 g/mol. The molecule has 0 atom stereocenters. The number of carboxylic acids is 1. The first-order valence-corrected chi connectivity index (χ1v) is 12.7. The van der Waals surface area contributed by atoms with E-state index in [4.69, 9.17) is 43.1 Å². The Morgan fingerprint density at radius 1 is 0.850 bits per heavy atom. The molecule has 1 saturated heterocycles. The maximum Gasteiger partial charge on any atom is 0.490 e. The van der Waals surface area contributed by atoms with E-state index < -0.39 is 12.1 Å². The Hall–Kier alpha value is -4.09. The van der Waals surface area contributed by atoms with Crippen molar-refractivity contribution in [2.45, 2.75) is 6.18 Å². The number of nitrogens with one attached hydrogen (secondary N) is 1. The normalized spacial score (nSPS) is 13.4. The fourth-order valence-corrected chi connectivity index (χ4v) is 4.28. The minimum Gasteiger partial charge on any atom is -0.475 e. The van der Waals surface area contributed by atoms with Gasteiger partial charge >= 0.3 is 12.1 Å². The molecule has 1 fully saturated rings. The minimum atomic E-state index is -5.08. The molecule has 208 valence electrons. The lowest BCUT2D eigenvalue weighted by atomic mass is 10.1. The summed E-state index contributed by atoms with van der Waals surface area (Å²) < 4.78 is 31.7. The van der Waals surface area contributed by atoms with Crippen LogP contribution in [0.2, 0.25) is 10.0 Å². The molecule has 0 radical (unpaired) electrons. The summed E-state index contributed by atoms with van der Waals surface area (Å²) in [6.07, 6.45) is -5.08. The topological polar surface area (TPSA) is 98.7 Å². The highest BCUT2D eigenvalue weighted by Gasteiger charge is 2.38. The Labute approximate surface area is 237 Å². The molecule has 0 spiro atoms. The number of carbonyl (C=O) groups excluding carboxylic acids is 1. The second kappa shape index (κ2) is 12.4. The van der Waals surface area contributed by atoms with Crippen LogP contribution in [0.3, 0.4) is 0 Å². The van der Waals surface area contributed by atoms with E-state index >= 15 is 0 Å². The molecule has 1 aliphatic rings. The zero-order chi connectivity index (χ0) is 28.9. The lowest BCUT2D eigenvalue weighted by molar-refractivity contribution is -0.192. The third kappa shape index (κ3) is 7.10. The summed E-state index contributed by atoms with van der Waals surface area (Å²) in [7, 11) is 0. The Morgan fingerprint density at radius 3 is 2.02 bits per heavy atom. The van der Waals surface area contributed by atoms with E-state index in [1.807, 2.05) is 54.6 Å². The number of amides is 1. The van der Waals surface area contributed by atoms with Crippen molar-refractivity contribution in [1.29, 1.82) is 0 Å². The number of hydrogen-bond donors (Lipinski definition) is 2. The molecule has 2 heterocycles. The third-order valence-electron chi connectivity index (χ3n) is 5.86. The fourth-order valence-electron chi connectivity index (χ4n) is 3.91. The number of carboxylic acid groups (broad SMARTS) is 1. The van der Waals surface area contributed by atoms with Crippen molar-refractivity contribution in [3.8, 4) is 0 Å². The Bertz CT molecular complexity index is 1510. The van der Waals surface area contributed by atoms with Crippen LogP contribution in [0.15, 0.2) is 72.8 Å². The van der Waals surface area contributed by atoms with E-state index in [0.29, 0.717) is 47.6 Å². The smallest absolute Gasteiger partial charge is 0.475 e. The van der Waals surface area contributed by atoms with Gasteiger partial charge in [-0.25, -0.2) is 14.8 Å². The molecule has 40 heavy (non-hydrogen) atoms. The molecule has 13 heteroatoms. The average molecular weight is 592 g/mol. The van der Waals surface area contributed by atoms with Gasteiger partial charge in [0.05, 0.1) is 21.6 Å². The lowest BCUT2D eigenvalue weighted by Crippen LogP contribution is -2.49. The van der Waals surface area contributed by atoms with Gasteiger partial charge in [-0.15, -0.1) is 0 Å². The predicted octanol–water partition coefficient (Wildman–Crippen LogP) is 6.28. The number of halogens is 5. The van der Waals surface area contributed by atoms with Gasteiger partial charge in [0.15, 0.2) is 11.6 Å². The van der Waals surface area contributed by atoms with Gasteiger partial charge in [0.2, 0.25) is 0 Å². The highest BCUT2D eigenvalue weighted by molar-refractivity contribution is 6.35.